The summed E-state index contributed by atoms with van der Waals surface area (Å²) in [5.74, 6) is 0.0530. The second-order valence-corrected chi connectivity index (χ2v) is 8.56. The molecule has 0 amide bonds. The van der Waals surface area contributed by atoms with E-state index in [2.05, 4.69) is 21.1 Å². The van der Waals surface area contributed by atoms with E-state index in [1.54, 1.807) is 6.20 Å². The number of esters is 1. The molecule has 3 aromatic rings. The fraction of sp³-hybridized carbons (Fsp3) is 0.522. The zero-order valence-electron chi connectivity index (χ0n) is 18.2. The second-order valence-electron chi connectivity index (χ2n) is 8.56. The number of carbonyl (C=O) groups is 1. The monoisotopic (exact) mass is 420 g/mol. The Hall–Kier alpha value is -3.21. The summed E-state index contributed by atoms with van der Waals surface area (Å²) in [5, 5.41) is 14.8. The van der Waals surface area contributed by atoms with Crippen LogP contribution in [0.2, 0.25) is 0 Å². The number of hydrogen-bond acceptors (Lipinski definition) is 6. The van der Waals surface area contributed by atoms with Crippen molar-refractivity contribution in [1.82, 2.24) is 24.3 Å². The molecule has 4 rings (SSSR count). The van der Waals surface area contributed by atoms with E-state index in [-0.39, 0.29) is 17.9 Å². The molecule has 0 aliphatic heterocycles. The Morgan fingerprint density at radius 3 is 2.77 bits per heavy atom. The van der Waals surface area contributed by atoms with Crippen LogP contribution >= 0.6 is 0 Å². The third kappa shape index (κ3) is 4.18. The van der Waals surface area contributed by atoms with Crippen molar-refractivity contribution in [3.8, 4) is 17.3 Å². The van der Waals surface area contributed by atoms with Crippen LogP contribution in [0.1, 0.15) is 65.1 Å². The minimum absolute atomic E-state index is 0.0960. The Morgan fingerprint density at radius 2 is 2.06 bits per heavy atom. The van der Waals surface area contributed by atoms with E-state index in [4.69, 9.17) is 4.74 Å². The van der Waals surface area contributed by atoms with Crippen LogP contribution in [0.5, 0.6) is 0 Å². The number of carbonyl (C=O) groups excluding carboxylic acids is 1. The summed E-state index contributed by atoms with van der Waals surface area (Å²) in [6.45, 7) is 5.45. The third-order valence-electron chi connectivity index (χ3n) is 6.12. The van der Waals surface area contributed by atoms with Gasteiger partial charge in [-0.1, -0.05) is 26.7 Å². The van der Waals surface area contributed by atoms with Crippen molar-refractivity contribution in [2.45, 2.75) is 65.1 Å². The summed E-state index contributed by atoms with van der Waals surface area (Å²) in [6.07, 6.45) is 11.9. The molecule has 0 radical (unpaired) electrons. The molecule has 0 bridgehead atoms. The van der Waals surface area contributed by atoms with Gasteiger partial charge in [-0.05, 0) is 31.7 Å². The van der Waals surface area contributed by atoms with Crippen molar-refractivity contribution in [1.29, 1.82) is 5.26 Å². The minimum Gasteiger partial charge on any atom is -0.441 e. The Bertz CT molecular complexity index is 1100. The quantitative estimate of drug-likeness (QED) is 0.516. The van der Waals surface area contributed by atoms with Gasteiger partial charge in [0.2, 0.25) is 0 Å². The molecule has 31 heavy (non-hydrogen) atoms. The second kappa shape index (κ2) is 8.88. The molecule has 1 saturated carbocycles. The van der Waals surface area contributed by atoms with Crippen molar-refractivity contribution in [3.63, 3.8) is 0 Å². The average Bonchev–Trinajstić information content (AvgIpc) is 3.52. The van der Waals surface area contributed by atoms with Crippen molar-refractivity contribution in [2.75, 3.05) is 0 Å². The summed E-state index contributed by atoms with van der Waals surface area (Å²) in [7, 11) is 0. The molecule has 1 aliphatic carbocycles. The van der Waals surface area contributed by atoms with Gasteiger partial charge in [0.15, 0.2) is 6.23 Å². The topological polar surface area (TPSA) is 98.6 Å². The maximum absolute atomic E-state index is 12.0. The van der Waals surface area contributed by atoms with E-state index < -0.39 is 6.23 Å². The van der Waals surface area contributed by atoms with Crippen molar-refractivity contribution in [2.24, 2.45) is 11.8 Å². The van der Waals surface area contributed by atoms with E-state index in [9.17, 15) is 10.1 Å². The van der Waals surface area contributed by atoms with Gasteiger partial charge in [0.05, 0.1) is 36.3 Å². The molecule has 0 N–H and O–H groups in total. The van der Waals surface area contributed by atoms with Crippen LogP contribution in [-0.2, 0) is 9.53 Å². The number of nitrogens with zero attached hydrogens (tertiary/aromatic N) is 6. The van der Waals surface area contributed by atoms with Crippen molar-refractivity contribution < 1.29 is 9.53 Å². The van der Waals surface area contributed by atoms with E-state index >= 15 is 0 Å². The normalized spacial score (nSPS) is 16.5. The van der Waals surface area contributed by atoms with Gasteiger partial charge in [0, 0.05) is 23.3 Å². The largest absolute Gasteiger partial charge is 0.441 e. The van der Waals surface area contributed by atoms with Crippen LogP contribution in [-0.4, -0.2) is 30.3 Å². The summed E-state index contributed by atoms with van der Waals surface area (Å²) in [5.41, 5.74) is 2.36. The first-order valence-electron chi connectivity index (χ1n) is 10.9. The van der Waals surface area contributed by atoms with Crippen LogP contribution in [0.3, 0.4) is 0 Å². The SMILES string of the molecule is CC(C)C(=O)OC(C)n1ccc2c(-c3cnn(C(CC#N)C4CCCC4)c3)ncnc21. The Balaban J connectivity index is 1.64. The highest BCUT2D eigenvalue weighted by molar-refractivity contribution is 5.90. The number of ether oxygens (including phenoxy) is 1. The fourth-order valence-corrected chi connectivity index (χ4v) is 4.41. The molecule has 3 aromatic heterocycles. The van der Waals surface area contributed by atoms with Crippen LogP contribution in [0.4, 0.5) is 0 Å². The minimum atomic E-state index is -0.472. The first kappa shape index (κ1) is 21.0. The highest BCUT2D eigenvalue weighted by Gasteiger charge is 2.27. The van der Waals surface area contributed by atoms with Crippen molar-refractivity contribution in [3.05, 3.63) is 31.0 Å². The van der Waals surface area contributed by atoms with E-state index in [1.807, 2.05) is 48.5 Å². The summed E-state index contributed by atoms with van der Waals surface area (Å²) in [4.78, 5) is 20.9. The smallest absolute Gasteiger partial charge is 0.310 e. The maximum Gasteiger partial charge on any atom is 0.310 e. The molecule has 3 heterocycles. The molecule has 2 atom stereocenters. The van der Waals surface area contributed by atoms with E-state index in [1.165, 1.54) is 19.2 Å². The molecular weight excluding hydrogens is 392 g/mol. The van der Waals surface area contributed by atoms with Gasteiger partial charge in [-0.3, -0.25) is 14.0 Å². The molecular formula is C23H28N6O2. The first-order valence-corrected chi connectivity index (χ1v) is 10.9. The molecule has 162 valence electrons. The maximum atomic E-state index is 12.0. The lowest BCUT2D eigenvalue weighted by Gasteiger charge is -2.21. The molecule has 8 nitrogen and oxygen atoms in total. The summed E-state index contributed by atoms with van der Waals surface area (Å²) >= 11 is 0. The molecule has 1 fully saturated rings. The molecule has 1 aliphatic rings. The zero-order chi connectivity index (χ0) is 22.0. The average molecular weight is 421 g/mol. The summed E-state index contributed by atoms with van der Waals surface area (Å²) in [6, 6.07) is 4.36. The van der Waals surface area contributed by atoms with E-state index in [0.29, 0.717) is 18.0 Å². The molecule has 8 heteroatoms. The van der Waals surface area contributed by atoms with Crippen LogP contribution in [0, 0.1) is 23.2 Å². The van der Waals surface area contributed by atoms with Gasteiger partial charge in [0.25, 0.3) is 0 Å². The van der Waals surface area contributed by atoms with E-state index in [0.717, 1.165) is 29.5 Å². The van der Waals surface area contributed by atoms with Gasteiger partial charge < -0.3 is 4.74 Å². The molecule has 0 saturated heterocycles. The third-order valence-corrected chi connectivity index (χ3v) is 6.12. The number of rotatable bonds is 7. The standard InChI is InChI=1S/C23H28N6O2/c1-15(2)23(30)31-16(3)28-11-9-19-21(25-14-26-22(19)28)18-12-27-29(13-18)20(8-10-24)17-6-4-5-7-17/h9,11-17,20H,4-8H2,1-3H3. The van der Waals surface area contributed by atoms with Crippen LogP contribution in [0.15, 0.2) is 31.0 Å². The Labute approximate surface area is 181 Å². The Morgan fingerprint density at radius 1 is 1.29 bits per heavy atom. The number of nitriles is 1. The molecule has 2 unspecified atom stereocenters. The molecule has 0 aromatic carbocycles. The summed E-state index contributed by atoms with van der Waals surface area (Å²) < 4.78 is 9.32. The Kier molecular flexibility index (Phi) is 6.03. The first-order chi connectivity index (χ1) is 15.0. The lowest BCUT2D eigenvalue weighted by Crippen LogP contribution is -2.18. The van der Waals surface area contributed by atoms with Crippen molar-refractivity contribution >= 4 is 17.0 Å². The lowest BCUT2D eigenvalue weighted by atomic mass is 9.96. The highest BCUT2D eigenvalue weighted by atomic mass is 16.6. The van der Waals surface area contributed by atoms with Crippen LogP contribution < -0.4 is 0 Å². The van der Waals surface area contributed by atoms with Gasteiger partial charge in [-0.2, -0.15) is 10.4 Å². The lowest BCUT2D eigenvalue weighted by molar-refractivity contribution is -0.156. The van der Waals surface area contributed by atoms with Gasteiger partial charge in [-0.25, -0.2) is 9.97 Å². The van der Waals surface area contributed by atoms with Gasteiger partial charge >= 0.3 is 5.97 Å². The highest BCUT2D eigenvalue weighted by Crippen LogP contribution is 2.37. The fourth-order valence-electron chi connectivity index (χ4n) is 4.41. The van der Waals surface area contributed by atoms with Gasteiger partial charge in [-0.15, -0.1) is 0 Å². The predicted molar refractivity (Wildman–Crippen MR) is 116 cm³/mol. The van der Waals surface area contributed by atoms with Crippen LogP contribution in [0.25, 0.3) is 22.3 Å². The number of fused-ring (bicyclic) bond motifs is 1. The van der Waals surface area contributed by atoms with Gasteiger partial charge in [0.1, 0.15) is 12.0 Å². The molecule has 0 spiro atoms. The number of aromatic nitrogens is 5. The predicted octanol–water partition coefficient (Wildman–Crippen LogP) is 4.66. The zero-order valence-corrected chi connectivity index (χ0v) is 18.2. The number of hydrogen-bond donors (Lipinski definition) is 0.